The van der Waals surface area contributed by atoms with Gasteiger partial charge in [0.25, 0.3) is 0 Å². The molecule has 0 atom stereocenters. The van der Waals surface area contributed by atoms with E-state index >= 15 is 0 Å². The number of carbonyl (C=O) groups is 1. The molecule has 1 aliphatic carbocycles. The Balaban J connectivity index is 1.81. The lowest BCUT2D eigenvalue weighted by atomic mass is 10.0. The predicted octanol–water partition coefficient (Wildman–Crippen LogP) is 4.10. The summed E-state index contributed by atoms with van der Waals surface area (Å²) in [5, 5.41) is 10.1. The number of aliphatic carboxylic acids is 1. The van der Waals surface area contributed by atoms with Crippen molar-refractivity contribution >= 4 is 16.9 Å². The average Bonchev–Trinajstić information content (AvgIpc) is 2.80. The molecule has 1 aromatic heterocycles. The Morgan fingerprint density at radius 1 is 1.21 bits per heavy atom. The van der Waals surface area contributed by atoms with Crippen LogP contribution >= 0.6 is 0 Å². The molecule has 4 nitrogen and oxygen atoms in total. The fourth-order valence-corrected chi connectivity index (χ4v) is 3.56. The number of rotatable bonds is 3. The van der Waals surface area contributed by atoms with E-state index in [1.54, 1.807) is 0 Å². The third-order valence-electron chi connectivity index (χ3n) is 4.64. The highest BCUT2D eigenvalue weighted by Crippen LogP contribution is 2.38. The number of carboxylic acid groups (broad SMARTS) is 1. The fraction of sp³-hybridized carbons (Fsp3) is 0.250. The van der Waals surface area contributed by atoms with Crippen LogP contribution in [0.5, 0.6) is 5.75 Å². The molecule has 1 heterocycles. The summed E-state index contributed by atoms with van der Waals surface area (Å²) in [6.45, 7) is 1.81. The quantitative estimate of drug-likeness (QED) is 0.763. The van der Waals surface area contributed by atoms with Gasteiger partial charge in [0.1, 0.15) is 5.75 Å². The molecular weight excluding hydrogens is 302 g/mol. The van der Waals surface area contributed by atoms with Crippen molar-refractivity contribution in [2.45, 2.75) is 26.2 Å². The molecule has 0 unspecified atom stereocenters. The van der Waals surface area contributed by atoms with Gasteiger partial charge < -0.3 is 14.8 Å². The van der Waals surface area contributed by atoms with Crippen molar-refractivity contribution in [2.75, 3.05) is 6.61 Å². The van der Waals surface area contributed by atoms with E-state index in [-0.39, 0.29) is 6.61 Å². The molecule has 1 aliphatic rings. The molecule has 2 aromatic carbocycles. The van der Waals surface area contributed by atoms with E-state index in [9.17, 15) is 4.79 Å². The second kappa shape index (κ2) is 5.71. The highest BCUT2D eigenvalue weighted by molar-refractivity contribution is 5.92. The van der Waals surface area contributed by atoms with Crippen LogP contribution in [0.3, 0.4) is 0 Å². The standard InChI is InChI=1S/C20H19NO3/c1-12-5-8-18-17(9-12)16-4-2-3-13-10-14(24-11-19(22)23)6-7-15(13)20(16)21-18/h5-10,21H,2-4,11H2,1H3,(H,22,23). The Morgan fingerprint density at radius 3 is 2.92 bits per heavy atom. The van der Waals surface area contributed by atoms with Crippen LogP contribution in [-0.4, -0.2) is 22.7 Å². The van der Waals surface area contributed by atoms with Gasteiger partial charge in [-0.1, -0.05) is 11.6 Å². The van der Waals surface area contributed by atoms with Crippen molar-refractivity contribution in [2.24, 2.45) is 0 Å². The lowest BCUT2D eigenvalue weighted by molar-refractivity contribution is -0.139. The lowest BCUT2D eigenvalue weighted by Crippen LogP contribution is -2.09. The Hall–Kier alpha value is -2.75. The van der Waals surface area contributed by atoms with Gasteiger partial charge in [0.2, 0.25) is 0 Å². The SMILES string of the molecule is Cc1ccc2[nH]c3c(c2c1)CCCc1cc(OCC(=O)O)ccc1-3. The zero-order valence-corrected chi connectivity index (χ0v) is 13.6. The van der Waals surface area contributed by atoms with E-state index in [0.29, 0.717) is 5.75 Å². The van der Waals surface area contributed by atoms with Crippen LogP contribution in [0.1, 0.15) is 23.1 Å². The molecule has 0 radical (unpaired) electrons. The number of ether oxygens (including phenoxy) is 1. The van der Waals surface area contributed by atoms with Crippen molar-refractivity contribution in [1.82, 2.24) is 4.98 Å². The largest absolute Gasteiger partial charge is 0.482 e. The van der Waals surface area contributed by atoms with Gasteiger partial charge in [-0.15, -0.1) is 0 Å². The highest BCUT2D eigenvalue weighted by atomic mass is 16.5. The minimum atomic E-state index is -0.960. The topological polar surface area (TPSA) is 62.3 Å². The normalized spacial score (nSPS) is 13.2. The lowest BCUT2D eigenvalue weighted by Gasteiger charge is -2.09. The van der Waals surface area contributed by atoms with E-state index in [2.05, 4.69) is 30.1 Å². The Labute approximate surface area is 140 Å². The number of H-pyrrole nitrogens is 1. The number of hydrogen-bond acceptors (Lipinski definition) is 2. The molecule has 122 valence electrons. The van der Waals surface area contributed by atoms with Crippen molar-refractivity contribution in [3.05, 3.63) is 53.1 Å². The molecule has 0 fully saturated rings. The molecule has 24 heavy (non-hydrogen) atoms. The van der Waals surface area contributed by atoms with Crippen molar-refractivity contribution < 1.29 is 14.6 Å². The Kier molecular flexibility index (Phi) is 3.53. The summed E-state index contributed by atoms with van der Waals surface area (Å²) in [5.41, 5.74) is 7.41. The molecule has 0 spiro atoms. The van der Waals surface area contributed by atoms with Crippen molar-refractivity contribution in [3.63, 3.8) is 0 Å². The maximum atomic E-state index is 10.7. The summed E-state index contributed by atoms with van der Waals surface area (Å²) in [7, 11) is 0. The van der Waals surface area contributed by atoms with E-state index in [0.717, 1.165) is 19.3 Å². The Bertz CT molecular complexity index is 939. The van der Waals surface area contributed by atoms with Crippen LogP contribution < -0.4 is 4.74 Å². The first kappa shape index (κ1) is 14.8. The molecule has 3 aromatic rings. The molecule has 0 saturated carbocycles. The molecule has 2 N–H and O–H groups in total. The maximum absolute atomic E-state index is 10.7. The van der Waals surface area contributed by atoms with Gasteiger partial charge in [0, 0.05) is 22.2 Å². The number of nitrogens with one attached hydrogen (secondary N) is 1. The van der Waals surface area contributed by atoms with E-state index < -0.39 is 5.97 Å². The molecule has 4 rings (SSSR count). The highest BCUT2D eigenvalue weighted by Gasteiger charge is 2.19. The number of fused-ring (bicyclic) bond motifs is 5. The van der Waals surface area contributed by atoms with Gasteiger partial charge in [0.15, 0.2) is 6.61 Å². The first-order chi connectivity index (χ1) is 11.6. The monoisotopic (exact) mass is 321 g/mol. The van der Waals surface area contributed by atoms with Crippen LogP contribution in [0.25, 0.3) is 22.2 Å². The van der Waals surface area contributed by atoms with Gasteiger partial charge in [-0.3, -0.25) is 0 Å². The zero-order valence-electron chi connectivity index (χ0n) is 13.6. The van der Waals surface area contributed by atoms with E-state index in [1.807, 2.05) is 18.2 Å². The van der Waals surface area contributed by atoms with Crippen LogP contribution in [0.15, 0.2) is 36.4 Å². The minimum Gasteiger partial charge on any atom is -0.482 e. The van der Waals surface area contributed by atoms with Gasteiger partial charge in [-0.2, -0.15) is 0 Å². The second-order valence-electron chi connectivity index (χ2n) is 6.38. The number of aryl methyl sites for hydroxylation is 3. The average molecular weight is 321 g/mol. The van der Waals surface area contributed by atoms with Crippen LogP contribution in [0.2, 0.25) is 0 Å². The molecule has 0 bridgehead atoms. The third kappa shape index (κ3) is 2.54. The summed E-state index contributed by atoms with van der Waals surface area (Å²) in [4.78, 5) is 14.3. The third-order valence-corrected chi connectivity index (χ3v) is 4.64. The first-order valence-electron chi connectivity index (χ1n) is 8.21. The number of carboxylic acids is 1. The predicted molar refractivity (Wildman–Crippen MR) is 93.6 cm³/mol. The summed E-state index contributed by atoms with van der Waals surface area (Å²) < 4.78 is 5.33. The van der Waals surface area contributed by atoms with Crippen LogP contribution in [0, 0.1) is 6.92 Å². The van der Waals surface area contributed by atoms with Crippen molar-refractivity contribution in [1.29, 1.82) is 0 Å². The molecular formula is C20H19NO3. The molecule has 0 saturated heterocycles. The molecule has 0 aliphatic heterocycles. The number of aromatic amines is 1. The van der Waals surface area contributed by atoms with Gasteiger partial charge in [-0.25, -0.2) is 4.79 Å². The van der Waals surface area contributed by atoms with Crippen molar-refractivity contribution in [3.8, 4) is 17.0 Å². The van der Waals surface area contributed by atoms with E-state index in [4.69, 9.17) is 9.84 Å². The number of benzene rings is 2. The number of hydrogen-bond donors (Lipinski definition) is 2. The van der Waals surface area contributed by atoms with E-state index in [1.165, 1.54) is 38.9 Å². The maximum Gasteiger partial charge on any atom is 0.341 e. The second-order valence-corrected chi connectivity index (χ2v) is 6.38. The Morgan fingerprint density at radius 2 is 2.08 bits per heavy atom. The summed E-state index contributed by atoms with van der Waals surface area (Å²) in [6.07, 6.45) is 3.08. The number of aromatic nitrogens is 1. The van der Waals surface area contributed by atoms with Crippen LogP contribution in [-0.2, 0) is 17.6 Å². The fourth-order valence-electron chi connectivity index (χ4n) is 3.56. The molecule has 0 amide bonds. The van der Waals surface area contributed by atoms with Gasteiger partial charge in [-0.05, 0) is 67.6 Å². The summed E-state index contributed by atoms with van der Waals surface area (Å²) in [6, 6.07) is 12.4. The molecule has 4 heteroatoms. The zero-order chi connectivity index (χ0) is 16.7. The minimum absolute atomic E-state index is 0.310. The first-order valence-corrected chi connectivity index (χ1v) is 8.21. The van der Waals surface area contributed by atoms with Gasteiger partial charge in [0.05, 0.1) is 0 Å². The summed E-state index contributed by atoms with van der Waals surface area (Å²) in [5.74, 6) is -0.343. The smallest absolute Gasteiger partial charge is 0.341 e. The van der Waals surface area contributed by atoms with Gasteiger partial charge >= 0.3 is 5.97 Å². The van der Waals surface area contributed by atoms with Crippen LogP contribution in [0.4, 0.5) is 0 Å². The summed E-state index contributed by atoms with van der Waals surface area (Å²) >= 11 is 0.